The van der Waals surface area contributed by atoms with Gasteiger partial charge in [-0.15, -0.1) is 0 Å². The summed E-state index contributed by atoms with van der Waals surface area (Å²) in [6.45, 7) is 1.38. The second-order valence-electron chi connectivity index (χ2n) is 3.96. The van der Waals surface area contributed by atoms with E-state index in [1.54, 1.807) is 0 Å². The largest absolute Gasteiger partial charge is 0.477 e. The highest BCUT2D eigenvalue weighted by molar-refractivity contribution is 9.10. The summed E-state index contributed by atoms with van der Waals surface area (Å²) in [5, 5.41) is 12.6. The number of halogens is 4. The molecule has 0 amide bonds. The fraction of sp³-hybridized carbons (Fsp3) is 0.167. The highest BCUT2D eigenvalue weighted by atomic mass is 79.9. The van der Waals surface area contributed by atoms with E-state index in [1.165, 1.54) is 13.0 Å². The molecule has 1 N–H and O–H groups in total. The van der Waals surface area contributed by atoms with Crippen LogP contribution in [0.5, 0.6) is 0 Å². The van der Waals surface area contributed by atoms with Crippen molar-refractivity contribution in [3.8, 4) is 11.3 Å². The Kier molecular flexibility index (Phi) is 3.59. The lowest BCUT2D eigenvalue weighted by atomic mass is 10.0. The van der Waals surface area contributed by atoms with E-state index in [-0.39, 0.29) is 22.6 Å². The van der Waals surface area contributed by atoms with Crippen LogP contribution in [0.4, 0.5) is 13.2 Å². The summed E-state index contributed by atoms with van der Waals surface area (Å²) in [7, 11) is 0. The minimum atomic E-state index is -4.53. The molecule has 8 heteroatoms. The topological polar surface area (TPSA) is 63.3 Å². The third kappa shape index (κ3) is 2.55. The molecule has 106 valence electrons. The molecule has 0 bridgehead atoms. The molecular formula is C12H7BrF3NO3. The van der Waals surface area contributed by atoms with E-state index in [1.807, 2.05) is 0 Å². The molecule has 0 aliphatic heterocycles. The second kappa shape index (κ2) is 4.93. The van der Waals surface area contributed by atoms with Gasteiger partial charge in [0.15, 0.2) is 0 Å². The fourth-order valence-electron chi connectivity index (χ4n) is 1.69. The van der Waals surface area contributed by atoms with E-state index in [2.05, 4.69) is 21.1 Å². The van der Waals surface area contributed by atoms with Crippen molar-refractivity contribution in [2.24, 2.45) is 0 Å². The average molecular weight is 350 g/mol. The number of nitrogens with zero attached hydrogens (tertiary/aromatic N) is 1. The number of aryl methyl sites for hydroxylation is 1. The molecule has 4 nitrogen and oxygen atoms in total. The van der Waals surface area contributed by atoms with E-state index in [4.69, 9.17) is 9.63 Å². The Bertz CT molecular complexity index is 679. The summed E-state index contributed by atoms with van der Waals surface area (Å²) >= 11 is 3.08. The first kappa shape index (κ1) is 14.6. The summed E-state index contributed by atoms with van der Waals surface area (Å²) in [5.41, 5.74) is -1.29. The maximum Gasteiger partial charge on any atom is 0.416 e. The van der Waals surface area contributed by atoms with Gasteiger partial charge in [-0.25, -0.2) is 4.79 Å². The summed E-state index contributed by atoms with van der Waals surface area (Å²) in [4.78, 5) is 11.1. The zero-order valence-corrected chi connectivity index (χ0v) is 11.5. The molecule has 0 saturated heterocycles. The molecule has 1 aromatic heterocycles. The van der Waals surface area contributed by atoms with Gasteiger partial charge in [-0.05, 0) is 25.1 Å². The van der Waals surface area contributed by atoms with Crippen LogP contribution in [0.15, 0.2) is 27.2 Å². The first-order valence-corrected chi connectivity index (χ1v) is 6.07. The second-order valence-corrected chi connectivity index (χ2v) is 4.81. The maximum atomic E-state index is 12.7. The van der Waals surface area contributed by atoms with Gasteiger partial charge in [0.2, 0.25) is 0 Å². The number of hydrogen-bond donors (Lipinski definition) is 1. The Labute approximate surface area is 119 Å². The lowest BCUT2D eigenvalue weighted by Gasteiger charge is -2.09. The quantitative estimate of drug-likeness (QED) is 0.885. The number of aromatic carboxylic acids is 1. The molecule has 2 rings (SSSR count). The molecule has 0 aliphatic carbocycles. The summed E-state index contributed by atoms with van der Waals surface area (Å²) < 4.78 is 43.2. The Morgan fingerprint density at radius 1 is 1.40 bits per heavy atom. The highest BCUT2D eigenvalue weighted by Crippen LogP contribution is 2.37. The van der Waals surface area contributed by atoms with Crippen LogP contribution in [0.25, 0.3) is 11.3 Å². The van der Waals surface area contributed by atoms with Crippen LogP contribution in [0, 0.1) is 6.92 Å². The first-order valence-electron chi connectivity index (χ1n) is 5.28. The summed E-state index contributed by atoms with van der Waals surface area (Å²) in [5.74, 6) is -1.29. The van der Waals surface area contributed by atoms with Gasteiger partial charge in [0.25, 0.3) is 0 Å². The predicted molar refractivity (Wildman–Crippen MR) is 66.3 cm³/mol. The molecule has 0 unspecified atom stereocenters. The van der Waals surface area contributed by atoms with Crippen molar-refractivity contribution in [3.63, 3.8) is 0 Å². The van der Waals surface area contributed by atoms with Crippen molar-refractivity contribution in [2.75, 3.05) is 0 Å². The number of hydrogen-bond acceptors (Lipinski definition) is 3. The smallest absolute Gasteiger partial charge is 0.416 e. The van der Waals surface area contributed by atoms with Crippen LogP contribution in [-0.2, 0) is 6.18 Å². The molecular weight excluding hydrogens is 343 g/mol. The molecule has 0 aliphatic rings. The number of rotatable bonds is 2. The normalized spacial score (nSPS) is 11.7. The van der Waals surface area contributed by atoms with Crippen LogP contribution >= 0.6 is 15.9 Å². The number of carbonyl (C=O) groups is 1. The van der Waals surface area contributed by atoms with Gasteiger partial charge in [-0.2, -0.15) is 13.2 Å². The van der Waals surface area contributed by atoms with Gasteiger partial charge in [-0.3, -0.25) is 0 Å². The molecule has 0 atom stereocenters. The molecule has 1 aromatic carbocycles. The van der Waals surface area contributed by atoms with Crippen molar-refractivity contribution in [1.82, 2.24) is 5.16 Å². The monoisotopic (exact) mass is 349 g/mol. The zero-order chi connectivity index (χ0) is 15.1. The third-order valence-corrected chi connectivity index (χ3v) is 3.32. The van der Waals surface area contributed by atoms with Crippen LogP contribution in [0.1, 0.15) is 21.7 Å². The first-order chi connectivity index (χ1) is 9.21. The molecule has 20 heavy (non-hydrogen) atoms. The van der Waals surface area contributed by atoms with E-state index in [0.29, 0.717) is 4.47 Å². The van der Waals surface area contributed by atoms with Gasteiger partial charge in [-0.1, -0.05) is 21.1 Å². The van der Waals surface area contributed by atoms with Crippen molar-refractivity contribution < 1.29 is 27.6 Å². The van der Waals surface area contributed by atoms with Gasteiger partial charge >= 0.3 is 12.1 Å². The van der Waals surface area contributed by atoms with Crippen molar-refractivity contribution in [3.05, 3.63) is 39.6 Å². The van der Waals surface area contributed by atoms with E-state index in [0.717, 1.165) is 12.1 Å². The van der Waals surface area contributed by atoms with Crippen molar-refractivity contribution in [1.29, 1.82) is 0 Å². The highest BCUT2D eigenvalue weighted by Gasteiger charge is 2.32. The lowest BCUT2D eigenvalue weighted by Crippen LogP contribution is -2.06. The fourth-order valence-corrected chi connectivity index (χ4v) is 2.13. The van der Waals surface area contributed by atoms with E-state index < -0.39 is 17.7 Å². The van der Waals surface area contributed by atoms with Crippen molar-refractivity contribution >= 4 is 21.9 Å². The van der Waals surface area contributed by atoms with Gasteiger partial charge < -0.3 is 9.63 Å². The Morgan fingerprint density at radius 3 is 2.60 bits per heavy atom. The number of carboxylic acid groups (broad SMARTS) is 1. The third-order valence-electron chi connectivity index (χ3n) is 2.63. The van der Waals surface area contributed by atoms with Gasteiger partial charge in [0, 0.05) is 10.0 Å². The molecule has 1 heterocycles. The number of benzene rings is 1. The van der Waals surface area contributed by atoms with E-state index >= 15 is 0 Å². The Balaban J connectivity index is 2.67. The number of carboxylic acids is 1. The minimum absolute atomic E-state index is 0.00840. The van der Waals surface area contributed by atoms with Crippen LogP contribution in [0.2, 0.25) is 0 Å². The Morgan fingerprint density at radius 2 is 2.05 bits per heavy atom. The molecule has 0 radical (unpaired) electrons. The van der Waals surface area contributed by atoms with Gasteiger partial charge in [0.05, 0.1) is 5.56 Å². The average Bonchev–Trinajstić information content (AvgIpc) is 2.70. The lowest BCUT2D eigenvalue weighted by molar-refractivity contribution is -0.137. The van der Waals surface area contributed by atoms with E-state index in [9.17, 15) is 18.0 Å². The molecule has 2 aromatic rings. The summed E-state index contributed by atoms with van der Waals surface area (Å²) in [6.07, 6.45) is -4.53. The minimum Gasteiger partial charge on any atom is -0.477 e. The molecule has 0 fully saturated rings. The SMILES string of the molecule is Cc1onc(-c2cc(C(F)(F)F)ccc2Br)c1C(=O)O. The zero-order valence-electron chi connectivity index (χ0n) is 9.95. The number of aromatic nitrogens is 1. The number of alkyl halides is 3. The van der Waals surface area contributed by atoms with Crippen LogP contribution in [-0.4, -0.2) is 16.2 Å². The predicted octanol–water partition coefficient (Wildman–Crippen LogP) is 4.13. The van der Waals surface area contributed by atoms with Crippen molar-refractivity contribution in [2.45, 2.75) is 13.1 Å². The van der Waals surface area contributed by atoms with Crippen LogP contribution < -0.4 is 0 Å². The standard InChI is InChI=1S/C12H7BrF3NO3/c1-5-9(11(18)19)10(17-20-5)7-4-6(12(14,15)16)2-3-8(7)13/h2-4H,1H3,(H,18,19). The Hall–Kier alpha value is -1.83. The summed E-state index contributed by atoms with van der Waals surface area (Å²) in [6, 6.07) is 2.91. The van der Waals surface area contributed by atoms with Crippen LogP contribution in [0.3, 0.4) is 0 Å². The molecule has 0 spiro atoms. The van der Waals surface area contributed by atoms with Gasteiger partial charge in [0.1, 0.15) is 17.0 Å². The molecule has 0 saturated carbocycles. The maximum absolute atomic E-state index is 12.7.